The van der Waals surface area contributed by atoms with Crippen molar-refractivity contribution in [1.82, 2.24) is 0 Å². The Morgan fingerprint density at radius 3 is 2.69 bits per heavy atom. The Morgan fingerprint density at radius 2 is 2.04 bits per heavy atom. The number of ether oxygens (including phenoxy) is 1. The number of hydrogen-bond donors (Lipinski definition) is 0. The first-order valence-electron chi connectivity index (χ1n) is 8.79. The van der Waals surface area contributed by atoms with Gasteiger partial charge in [0.05, 0.1) is 17.5 Å². The summed E-state index contributed by atoms with van der Waals surface area (Å²) in [6.45, 7) is 2.08. The Balaban J connectivity index is 1.89. The van der Waals surface area contributed by atoms with Gasteiger partial charge in [-0.05, 0) is 30.5 Å². The van der Waals surface area contributed by atoms with Crippen molar-refractivity contribution in [2.75, 3.05) is 30.1 Å². The maximum atomic E-state index is 12.1. The molecule has 1 aromatic rings. The topological polar surface area (TPSA) is 76.0 Å². The van der Waals surface area contributed by atoms with Crippen LogP contribution in [-0.4, -0.2) is 56.0 Å². The molecule has 0 saturated carbocycles. The van der Waals surface area contributed by atoms with Crippen molar-refractivity contribution < 1.29 is 17.9 Å². The molecule has 2 fully saturated rings. The van der Waals surface area contributed by atoms with Crippen molar-refractivity contribution in [2.45, 2.75) is 37.5 Å². The van der Waals surface area contributed by atoms with Gasteiger partial charge in [-0.3, -0.25) is 4.79 Å². The van der Waals surface area contributed by atoms with Crippen LogP contribution in [0, 0.1) is 0 Å². The summed E-state index contributed by atoms with van der Waals surface area (Å²) in [7, 11) is -1.60. The number of hydrogen-bond acceptors (Lipinski definition) is 5. The van der Waals surface area contributed by atoms with Crippen molar-refractivity contribution in [1.29, 1.82) is 0 Å². The highest BCUT2D eigenvalue weighted by molar-refractivity contribution is 8.16. The number of unbranched alkanes of at least 4 members (excludes halogenated alkanes) is 1. The van der Waals surface area contributed by atoms with E-state index in [-0.39, 0.29) is 35.3 Å². The zero-order valence-corrected chi connectivity index (χ0v) is 16.7. The van der Waals surface area contributed by atoms with Crippen LogP contribution in [0.1, 0.15) is 25.3 Å². The van der Waals surface area contributed by atoms with Crippen LogP contribution in [0.25, 0.3) is 0 Å². The van der Waals surface area contributed by atoms with Crippen molar-refractivity contribution in [2.24, 2.45) is 4.99 Å². The predicted octanol–water partition coefficient (Wildman–Crippen LogP) is 2.28. The molecule has 2 heterocycles. The summed E-state index contributed by atoms with van der Waals surface area (Å²) in [5.74, 6) is -0.132. The van der Waals surface area contributed by atoms with Crippen LogP contribution in [0.15, 0.2) is 29.3 Å². The van der Waals surface area contributed by atoms with E-state index in [2.05, 4.69) is 24.0 Å². The number of fused-ring (bicyclic) bond motifs is 1. The Hall–Kier alpha value is -1.38. The minimum absolute atomic E-state index is 0.0819. The third-order valence-corrected chi connectivity index (χ3v) is 7.80. The summed E-state index contributed by atoms with van der Waals surface area (Å²) in [4.78, 5) is 18.0. The van der Waals surface area contributed by atoms with Gasteiger partial charge in [-0.25, -0.2) is 8.42 Å². The van der Waals surface area contributed by atoms with E-state index < -0.39 is 9.84 Å². The Bertz CT molecular complexity index is 790. The SMILES string of the molecule is CCCCc1ccc(N2C(=NC(=O)COC)SC3CS(=O)(=O)CC32)cc1. The van der Waals surface area contributed by atoms with E-state index in [0.717, 1.165) is 24.9 Å². The number of aryl methyl sites for hydroxylation is 1. The number of rotatable bonds is 6. The molecule has 8 heteroatoms. The van der Waals surface area contributed by atoms with Crippen LogP contribution in [0.5, 0.6) is 0 Å². The number of nitrogens with zero attached hydrogens (tertiary/aromatic N) is 2. The minimum atomic E-state index is -3.06. The highest BCUT2D eigenvalue weighted by atomic mass is 32.2. The predicted molar refractivity (Wildman–Crippen MR) is 106 cm³/mol. The number of sulfone groups is 1. The molecule has 0 N–H and O–H groups in total. The molecule has 3 rings (SSSR count). The number of thioether (sulfide) groups is 1. The monoisotopic (exact) mass is 396 g/mol. The summed E-state index contributed by atoms with van der Waals surface area (Å²) < 4.78 is 29.0. The zero-order valence-electron chi connectivity index (χ0n) is 15.1. The lowest BCUT2D eigenvalue weighted by molar-refractivity contribution is -0.121. The largest absolute Gasteiger partial charge is 0.375 e. The molecule has 6 nitrogen and oxygen atoms in total. The van der Waals surface area contributed by atoms with Crippen LogP contribution < -0.4 is 4.90 Å². The average Bonchev–Trinajstić information content (AvgIpc) is 3.04. The molecule has 0 spiro atoms. The molecular formula is C18H24N2O4S2. The number of amidine groups is 1. The van der Waals surface area contributed by atoms with Crippen LogP contribution in [0.3, 0.4) is 0 Å². The standard InChI is InChI=1S/C18H24N2O4S2/c1-3-4-5-13-6-8-14(9-7-13)20-15-11-26(22,23)12-16(15)25-18(20)19-17(21)10-24-2/h6-9,15-16H,3-5,10-12H2,1-2H3. The number of aliphatic imine (C=N–C) groups is 1. The molecule has 2 aliphatic rings. The maximum Gasteiger partial charge on any atom is 0.274 e. The van der Waals surface area contributed by atoms with Crippen molar-refractivity contribution >= 4 is 38.4 Å². The van der Waals surface area contributed by atoms with Gasteiger partial charge in [0.25, 0.3) is 5.91 Å². The Kier molecular flexibility index (Phi) is 6.04. The zero-order chi connectivity index (χ0) is 18.7. The average molecular weight is 397 g/mol. The molecule has 2 atom stereocenters. The fourth-order valence-electron chi connectivity index (χ4n) is 3.33. The van der Waals surface area contributed by atoms with Gasteiger partial charge in [0.2, 0.25) is 0 Å². The van der Waals surface area contributed by atoms with E-state index in [0.29, 0.717) is 5.17 Å². The lowest BCUT2D eigenvalue weighted by atomic mass is 10.1. The number of anilines is 1. The maximum absolute atomic E-state index is 12.1. The number of amides is 1. The van der Waals surface area contributed by atoms with E-state index in [9.17, 15) is 13.2 Å². The third kappa shape index (κ3) is 4.29. The second kappa shape index (κ2) is 8.10. The lowest BCUT2D eigenvalue weighted by Gasteiger charge is -2.24. The summed E-state index contributed by atoms with van der Waals surface area (Å²) in [5.41, 5.74) is 2.14. The van der Waals surface area contributed by atoms with Gasteiger partial charge in [0.1, 0.15) is 6.61 Å². The van der Waals surface area contributed by atoms with Crippen molar-refractivity contribution in [3.05, 3.63) is 29.8 Å². The van der Waals surface area contributed by atoms with Crippen LogP contribution >= 0.6 is 11.8 Å². The molecule has 26 heavy (non-hydrogen) atoms. The first kappa shape index (κ1) is 19.4. The smallest absolute Gasteiger partial charge is 0.274 e. The van der Waals surface area contributed by atoms with Crippen LogP contribution in [0.4, 0.5) is 5.69 Å². The summed E-state index contributed by atoms with van der Waals surface area (Å²) in [6, 6.07) is 7.95. The molecule has 0 bridgehead atoms. The van der Waals surface area contributed by atoms with E-state index >= 15 is 0 Å². The van der Waals surface area contributed by atoms with Crippen molar-refractivity contribution in [3.8, 4) is 0 Å². The second-order valence-electron chi connectivity index (χ2n) is 6.66. The molecular weight excluding hydrogens is 372 g/mol. The van der Waals surface area contributed by atoms with Gasteiger partial charge in [0, 0.05) is 18.0 Å². The number of carbonyl (C=O) groups excluding carboxylic acids is 1. The molecule has 0 aromatic heterocycles. The summed E-state index contributed by atoms with van der Waals surface area (Å²) in [6.07, 6.45) is 3.31. The lowest BCUT2D eigenvalue weighted by Crippen LogP contribution is -2.37. The van der Waals surface area contributed by atoms with Crippen LogP contribution in [0.2, 0.25) is 0 Å². The molecule has 142 valence electrons. The van der Waals surface area contributed by atoms with Gasteiger partial charge < -0.3 is 9.64 Å². The minimum Gasteiger partial charge on any atom is -0.375 e. The van der Waals surface area contributed by atoms with Gasteiger partial charge >= 0.3 is 0 Å². The van der Waals surface area contributed by atoms with E-state index in [1.54, 1.807) is 0 Å². The highest BCUT2D eigenvalue weighted by Crippen LogP contribution is 2.41. The highest BCUT2D eigenvalue weighted by Gasteiger charge is 2.49. The Morgan fingerprint density at radius 1 is 1.31 bits per heavy atom. The number of benzene rings is 1. The third-order valence-electron chi connectivity index (χ3n) is 4.59. The Labute approximate surface area is 158 Å². The normalized spacial score (nSPS) is 25.6. The molecule has 0 aliphatic carbocycles. The van der Waals surface area contributed by atoms with E-state index in [1.165, 1.54) is 24.4 Å². The van der Waals surface area contributed by atoms with Gasteiger partial charge in [0.15, 0.2) is 15.0 Å². The summed E-state index contributed by atoms with van der Waals surface area (Å²) in [5, 5.41) is 0.479. The van der Waals surface area contributed by atoms with E-state index in [1.807, 2.05) is 17.0 Å². The van der Waals surface area contributed by atoms with Gasteiger partial charge in [-0.1, -0.05) is 37.2 Å². The number of carbonyl (C=O) groups is 1. The quantitative estimate of drug-likeness (QED) is 0.734. The van der Waals surface area contributed by atoms with E-state index in [4.69, 9.17) is 4.74 Å². The van der Waals surface area contributed by atoms with Gasteiger partial charge in [-0.15, -0.1) is 0 Å². The van der Waals surface area contributed by atoms with Crippen LogP contribution in [-0.2, 0) is 25.8 Å². The molecule has 0 radical (unpaired) electrons. The first-order valence-corrected chi connectivity index (χ1v) is 11.5. The summed E-state index contributed by atoms with van der Waals surface area (Å²) >= 11 is 1.38. The molecule has 2 saturated heterocycles. The molecule has 2 aliphatic heterocycles. The second-order valence-corrected chi connectivity index (χ2v) is 10.0. The fraction of sp³-hybridized carbons (Fsp3) is 0.556. The molecule has 2 unspecified atom stereocenters. The van der Waals surface area contributed by atoms with Crippen molar-refractivity contribution in [3.63, 3.8) is 0 Å². The molecule has 1 aromatic carbocycles. The molecule has 1 amide bonds. The van der Waals surface area contributed by atoms with Gasteiger partial charge in [-0.2, -0.15) is 4.99 Å². The fourth-order valence-corrected chi connectivity index (χ4v) is 7.26. The number of methoxy groups -OCH3 is 1. The first-order chi connectivity index (χ1) is 12.4.